The summed E-state index contributed by atoms with van der Waals surface area (Å²) >= 11 is 0. The molecule has 2 amide bonds. The molecule has 2 aromatic carbocycles. The SMILES string of the molecule is COc1ccc(C(=O)NC2CC(=O)N(CCc3ccc(F)cc3)C2)c(OC)c1. The number of likely N-dealkylation sites (tertiary alicyclic amines) is 1. The maximum Gasteiger partial charge on any atom is 0.255 e. The highest BCUT2D eigenvalue weighted by Crippen LogP contribution is 2.25. The summed E-state index contributed by atoms with van der Waals surface area (Å²) in [6.45, 7) is 0.979. The molecule has 0 spiro atoms. The van der Waals surface area contributed by atoms with Crippen LogP contribution in [0, 0.1) is 5.82 Å². The van der Waals surface area contributed by atoms with Crippen molar-refractivity contribution in [1.82, 2.24) is 10.2 Å². The summed E-state index contributed by atoms with van der Waals surface area (Å²) < 4.78 is 23.4. The summed E-state index contributed by atoms with van der Waals surface area (Å²) in [5.74, 6) is 0.426. The van der Waals surface area contributed by atoms with Crippen molar-refractivity contribution in [3.05, 3.63) is 59.4 Å². The Morgan fingerprint density at radius 1 is 1.18 bits per heavy atom. The van der Waals surface area contributed by atoms with Gasteiger partial charge in [0.15, 0.2) is 0 Å². The van der Waals surface area contributed by atoms with Crippen molar-refractivity contribution in [1.29, 1.82) is 0 Å². The first kappa shape index (κ1) is 19.7. The maximum absolute atomic E-state index is 13.0. The fraction of sp³-hybridized carbons (Fsp3) is 0.333. The predicted molar refractivity (Wildman–Crippen MR) is 102 cm³/mol. The van der Waals surface area contributed by atoms with Crippen molar-refractivity contribution in [3.63, 3.8) is 0 Å². The zero-order valence-electron chi connectivity index (χ0n) is 15.9. The monoisotopic (exact) mass is 386 g/mol. The quantitative estimate of drug-likeness (QED) is 0.794. The van der Waals surface area contributed by atoms with Gasteiger partial charge in [-0.2, -0.15) is 0 Å². The van der Waals surface area contributed by atoms with Gasteiger partial charge in [-0.15, -0.1) is 0 Å². The van der Waals surface area contributed by atoms with E-state index in [1.807, 2.05) is 0 Å². The summed E-state index contributed by atoms with van der Waals surface area (Å²) in [6, 6.07) is 10.9. The molecule has 148 valence electrons. The highest BCUT2D eigenvalue weighted by atomic mass is 19.1. The van der Waals surface area contributed by atoms with Crippen molar-refractivity contribution < 1.29 is 23.5 Å². The van der Waals surface area contributed by atoms with Crippen LogP contribution in [-0.2, 0) is 11.2 Å². The van der Waals surface area contributed by atoms with Gasteiger partial charge in [0, 0.05) is 25.6 Å². The van der Waals surface area contributed by atoms with Crippen molar-refractivity contribution in [2.75, 3.05) is 27.3 Å². The Labute approximate surface area is 163 Å². The van der Waals surface area contributed by atoms with Gasteiger partial charge in [-0.05, 0) is 36.2 Å². The van der Waals surface area contributed by atoms with E-state index in [0.717, 1.165) is 5.56 Å². The predicted octanol–water partition coefficient (Wildman–Crippen LogP) is 2.42. The van der Waals surface area contributed by atoms with Crippen LogP contribution in [0.5, 0.6) is 11.5 Å². The molecule has 7 heteroatoms. The second kappa shape index (κ2) is 8.73. The van der Waals surface area contributed by atoms with Gasteiger partial charge in [-0.1, -0.05) is 12.1 Å². The first-order chi connectivity index (χ1) is 13.5. The van der Waals surface area contributed by atoms with E-state index in [1.54, 1.807) is 42.3 Å². The maximum atomic E-state index is 13.0. The second-order valence-electron chi connectivity index (χ2n) is 6.66. The minimum atomic E-state index is -0.294. The Bertz CT molecular complexity index is 854. The molecule has 28 heavy (non-hydrogen) atoms. The molecule has 2 aromatic rings. The van der Waals surface area contributed by atoms with Crippen LogP contribution in [0.1, 0.15) is 22.3 Å². The number of rotatable bonds is 7. The number of hydrogen-bond donors (Lipinski definition) is 1. The molecule has 0 radical (unpaired) electrons. The number of carbonyl (C=O) groups is 2. The lowest BCUT2D eigenvalue weighted by Gasteiger charge is -2.18. The second-order valence-corrected chi connectivity index (χ2v) is 6.66. The summed E-state index contributed by atoms with van der Waals surface area (Å²) in [6.07, 6.45) is 0.895. The number of benzene rings is 2. The van der Waals surface area contributed by atoms with E-state index in [-0.39, 0.29) is 30.1 Å². The zero-order chi connectivity index (χ0) is 20.1. The topological polar surface area (TPSA) is 67.9 Å². The van der Waals surface area contributed by atoms with Crippen molar-refractivity contribution >= 4 is 11.8 Å². The number of carbonyl (C=O) groups excluding carboxylic acids is 2. The van der Waals surface area contributed by atoms with Gasteiger partial charge in [-0.25, -0.2) is 4.39 Å². The van der Waals surface area contributed by atoms with Crippen molar-refractivity contribution in [2.24, 2.45) is 0 Å². The summed E-state index contributed by atoms with van der Waals surface area (Å²) in [5.41, 5.74) is 1.35. The molecule has 3 rings (SSSR count). The van der Waals surface area contributed by atoms with Crippen LogP contribution in [0.15, 0.2) is 42.5 Å². The van der Waals surface area contributed by atoms with E-state index in [0.29, 0.717) is 36.6 Å². The van der Waals surface area contributed by atoms with E-state index >= 15 is 0 Å². The Balaban J connectivity index is 1.57. The van der Waals surface area contributed by atoms with Gasteiger partial charge < -0.3 is 19.7 Å². The van der Waals surface area contributed by atoms with Crippen molar-refractivity contribution in [3.8, 4) is 11.5 Å². The zero-order valence-corrected chi connectivity index (χ0v) is 15.9. The van der Waals surface area contributed by atoms with E-state index in [2.05, 4.69) is 5.32 Å². The largest absolute Gasteiger partial charge is 0.497 e. The fourth-order valence-corrected chi connectivity index (χ4v) is 3.25. The first-order valence-electron chi connectivity index (χ1n) is 9.05. The number of nitrogens with one attached hydrogen (secondary N) is 1. The highest BCUT2D eigenvalue weighted by Gasteiger charge is 2.31. The Morgan fingerprint density at radius 2 is 1.93 bits per heavy atom. The fourth-order valence-electron chi connectivity index (χ4n) is 3.25. The smallest absolute Gasteiger partial charge is 0.255 e. The molecule has 0 bridgehead atoms. The van der Waals surface area contributed by atoms with Crippen molar-refractivity contribution in [2.45, 2.75) is 18.9 Å². The van der Waals surface area contributed by atoms with E-state index in [1.165, 1.54) is 19.2 Å². The molecule has 1 N–H and O–H groups in total. The van der Waals surface area contributed by atoms with Gasteiger partial charge in [0.05, 0.1) is 25.8 Å². The number of halogens is 1. The number of amides is 2. The number of nitrogens with zero attached hydrogens (tertiary/aromatic N) is 1. The third kappa shape index (κ3) is 4.60. The molecule has 1 saturated heterocycles. The van der Waals surface area contributed by atoms with Crippen LogP contribution in [-0.4, -0.2) is 50.1 Å². The molecule has 0 aliphatic carbocycles. The molecule has 1 aliphatic heterocycles. The van der Waals surface area contributed by atoms with E-state index in [9.17, 15) is 14.0 Å². The van der Waals surface area contributed by atoms with Crippen LogP contribution >= 0.6 is 0 Å². The molecular weight excluding hydrogens is 363 g/mol. The molecular formula is C21H23FN2O4. The number of ether oxygens (including phenoxy) is 2. The minimum Gasteiger partial charge on any atom is -0.497 e. The molecule has 6 nitrogen and oxygen atoms in total. The third-order valence-electron chi connectivity index (χ3n) is 4.79. The Hall–Kier alpha value is -3.09. The van der Waals surface area contributed by atoms with Crippen LogP contribution in [0.3, 0.4) is 0 Å². The molecule has 1 heterocycles. The third-order valence-corrected chi connectivity index (χ3v) is 4.79. The number of methoxy groups -OCH3 is 2. The lowest BCUT2D eigenvalue weighted by molar-refractivity contribution is -0.127. The van der Waals surface area contributed by atoms with Crippen LogP contribution in [0.4, 0.5) is 4.39 Å². The van der Waals surface area contributed by atoms with E-state index in [4.69, 9.17) is 9.47 Å². The molecule has 1 aliphatic rings. The average molecular weight is 386 g/mol. The normalized spacial score (nSPS) is 16.2. The standard InChI is InChI=1S/C21H23FN2O4/c1-27-17-7-8-18(19(12-17)28-2)21(26)23-16-11-20(25)24(13-16)10-9-14-3-5-15(22)6-4-14/h3-8,12,16H,9-11,13H2,1-2H3,(H,23,26). The van der Waals surface area contributed by atoms with Gasteiger partial charge >= 0.3 is 0 Å². The van der Waals surface area contributed by atoms with Gasteiger partial charge in [0.1, 0.15) is 17.3 Å². The van der Waals surface area contributed by atoms with Gasteiger partial charge in [0.25, 0.3) is 5.91 Å². The molecule has 1 atom stereocenters. The van der Waals surface area contributed by atoms with Crippen LogP contribution < -0.4 is 14.8 Å². The number of hydrogen-bond acceptors (Lipinski definition) is 4. The highest BCUT2D eigenvalue weighted by molar-refractivity contribution is 5.97. The molecule has 0 saturated carbocycles. The summed E-state index contributed by atoms with van der Waals surface area (Å²) in [4.78, 5) is 26.6. The van der Waals surface area contributed by atoms with Crippen LogP contribution in [0.25, 0.3) is 0 Å². The molecule has 0 aromatic heterocycles. The molecule has 1 fully saturated rings. The minimum absolute atomic E-state index is 0.00546. The van der Waals surface area contributed by atoms with Crippen LogP contribution in [0.2, 0.25) is 0 Å². The van der Waals surface area contributed by atoms with Gasteiger partial charge in [0.2, 0.25) is 5.91 Å². The Kier molecular flexibility index (Phi) is 6.13. The lowest BCUT2D eigenvalue weighted by Crippen LogP contribution is -2.37. The molecule has 1 unspecified atom stereocenters. The van der Waals surface area contributed by atoms with Gasteiger partial charge in [-0.3, -0.25) is 9.59 Å². The Morgan fingerprint density at radius 3 is 2.61 bits per heavy atom. The summed E-state index contributed by atoms with van der Waals surface area (Å²) in [7, 11) is 3.03. The first-order valence-corrected chi connectivity index (χ1v) is 9.05. The van der Waals surface area contributed by atoms with E-state index < -0.39 is 0 Å². The lowest BCUT2D eigenvalue weighted by atomic mass is 10.1. The average Bonchev–Trinajstić information content (AvgIpc) is 3.05. The summed E-state index contributed by atoms with van der Waals surface area (Å²) in [5, 5.41) is 2.90.